The summed E-state index contributed by atoms with van der Waals surface area (Å²) >= 11 is 0. The van der Waals surface area contributed by atoms with Gasteiger partial charge in [-0.2, -0.15) is 0 Å². The van der Waals surface area contributed by atoms with Gasteiger partial charge in [0.25, 0.3) is 0 Å². The Labute approximate surface area is 56.5 Å². The second-order valence-corrected chi connectivity index (χ2v) is 2.52. The van der Waals surface area contributed by atoms with Crippen molar-refractivity contribution in [3.63, 3.8) is 0 Å². The van der Waals surface area contributed by atoms with Crippen molar-refractivity contribution in [2.75, 3.05) is 5.73 Å². The molecule has 50 valence electrons. The Balaban J connectivity index is 3.29. The molecule has 0 aliphatic rings. The lowest BCUT2D eigenvalue weighted by Crippen LogP contribution is -1.92. The van der Waals surface area contributed by atoms with Crippen LogP contribution >= 0.6 is 9.39 Å². The van der Waals surface area contributed by atoms with Crippen molar-refractivity contribution in [2.45, 2.75) is 13.8 Å². The van der Waals surface area contributed by atoms with E-state index in [2.05, 4.69) is 14.4 Å². The second kappa shape index (κ2) is 1.99. The molecule has 0 fully saturated rings. The van der Waals surface area contributed by atoms with Gasteiger partial charge in [0.2, 0.25) is 0 Å². The van der Waals surface area contributed by atoms with Gasteiger partial charge in [-0.3, -0.25) is 4.34 Å². The van der Waals surface area contributed by atoms with Gasteiger partial charge >= 0.3 is 0 Å². The first-order valence-corrected chi connectivity index (χ1v) is 3.21. The minimum absolute atomic E-state index is 0.720. The first-order chi connectivity index (χ1) is 4.13. The fraction of sp³-hybridized carbons (Fsp3) is 0.400. The average Bonchev–Trinajstić information content (AvgIpc) is 1.98. The lowest BCUT2D eigenvalue weighted by molar-refractivity contribution is 1.09. The van der Waals surface area contributed by atoms with E-state index in [1.165, 1.54) is 0 Å². The summed E-state index contributed by atoms with van der Waals surface area (Å²) in [6.45, 7) is 3.80. The van der Waals surface area contributed by atoms with Crippen molar-refractivity contribution in [2.24, 2.45) is 0 Å². The number of aromatic nitrogens is 2. The molecule has 1 heterocycles. The lowest BCUT2D eigenvalue weighted by Gasteiger charge is -1.94. The number of hydrogen-bond acceptors (Lipinski definition) is 2. The van der Waals surface area contributed by atoms with Gasteiger partial charge in [-0.1, -0.05) is 0 Å². The van der Waals surface area contributed by atoms with Crippen molar-refractivity contribution in [3.05, 3.63) is 11.5 Å². The summed E-state index contributed by atoms with van der Waals surface area (Å²) in [6.07, 6.45) is 0. The third-order valence-electron chi connectivity index (χ3n) is 1.31. The highest BCUT2D eigenvalue weighted by molar-refractivity contribution is 7.14. The van der Waals surface area contributed by atoms with E-state index in [1.807, 2.05) is 13.8 Å². The third-order valence-corrected chi connectivity index (χ3v) is 1.96. The summed E-state index contributed by atoms with van der Waals surface area (Å²) in [6, 6.07) is 0. The van der Waals surface area contributed by atoms with Gasteiger partial charge in [-0.25, -0.2) is 4.98 Å². The molecule has 1 aromatic rings. The van der Waals surface area contributed by atoms with Gasteiger partial charge in [0, 0.05) is 0 Å². The average molecular weight is 143 g/mol. The number of anilines is 1. The van der Waals surface area contributed by atoms with Gasteiger partial charge in [-0.05, 0) is 23.2 Å². The van der Waals surface area contributed by atoms with E-state index in [-0.39, 0.29) is 0 Å². The van der Waals surface area contributed by atoms with Crippen LogP contribution in [0.3, 0.4) is 0 Å². The largest absolute Gasteiger partial charge is 0.383 e. The van der Waals surface area contributed by atoms with Crippen LogP contribution in [0.25, 0.3) is 0 Å². The molecule has 9 heavy (non-hydrogen) atoms. The molecule has 0 bridgehead atoms. The van der Waals surface area contributed by atoms with E-state index in [4.69, 9.17) is 5.73 Å². The lowest BCUT2D eigenvalue weighted by atomic mass is 10.5. The van der Waals surface area contributed by atoms with Crippen LogP contribution in [0, 0.1) is 13.8 Å². The van der Waals surface area contributed by atoms with Crippen LogP contribution < -0.4 is 5.73 Å². The molecule has 3 nitrogen and oxygen atoms in total. The van der Waals surface area contributed by atoms with Crippen LogP contribution in [0.4, 0.5) is 5.82 Å². The van der Waals surface area contributed by atoms with Crippen molar-refractivity contribution >= 4 is 15.2 Å². The summed E-state index contributed by atoms with van der Waals surface area (Å²) in [5.74, 6) is 1.65. The van der Waals surface area contributed by atoms with Crippen molar-refractivity contribution in [1.82, 2.24) is 9.32 Å². The molecule has 1 rings (SSSR count). The zero-order valence-corrected chi connectivity index (χ0v) is 6.70. The first-order valence-electron chi connectivity index (χ1n) is 2.69. The van der Waals surface area contributed by atoms with Gasteiger partial charge in [-0.15, -0.1) is 0 Å². The van der Waals surface area contributed by atoms with Crippen molar-refractivity contribution in [1.29, 1.82) is 0 Å². The van der Waals surface area contributed by atoms with Crippen molar-refractivity contribution < 1.29 is 0 Å². The number of nitrogen functional groups attached to an aromatic ring is 1. The maximum absolute atomic E-state index is 5.58. The van der Waals surface area contributed by atoms with E-state index in [0.29, 0.717) is 0 Å². The van der Waals surface area contributed by atoms with Crippen LogP contribution in [0.15, 0.2) is 0 Å². The Morgan fingerprint density at radius 1 is 1.56 bits per heavy atom. The van der Waals surface area contributed by atoms with Crippen LogP contribution in [0.5, 0.6) is 0 Å². The van der Waals surface area contributed by atoms with E-state index in [1.54, 1.807) is 4.34 Å². The Hall–Kier alpha value is -0.560. The Morgan fingerprint density at radius 2 is 2.11 bits per heavy atom. The van der Waals surface area contributed by atoms with Gasteiger partial charge < -0.3 is 5.73 Å². The summed E-state index contributed by atoms with van der Waals surface area (Å²) < 4.78 is 1.79. The van der Waals surface area contributed by atoms with E-state index < -0.39 is 0 Å². The molecule has 0 radical (unpaired) electrons. The predicted octanol–water partition coefficient (Wildman–Crippen LogP) is 0.720. The smallest absolute Gasteiger partial charge is 0.129 e. The molecule has 0 amide bonds. The van der Waals surface area contributed by atoms with Gasteiger partial charge in [0.15, 0.2) is 0 Å². The number of hydrogen-bond donors (Lipinski definition) is 1. The molecule has 0 saturated carbocycles. The minimum Gasteiger partial charge on any atom is -0.383 e. The second-order valence-electron chi connectivity index (χ2n) is 2.00. The van der Waals surface area contributed by atoms with Crippen LogP contribution in [0.1, 0.15) is 11.5 Å². The van der Waals surface area contributed by atoms with E-state index in [0.717, 1.165) is 17.3 Å². The molecule has 1 atom stereocenters. The molecular formula is C5H10N3P. The molecule has 0 spiro atoms. The number of rotatable bonds is 0. The van der Waals surface area contributed by atoms with Crippen molar-refractivity contribution in [3.8, 4) is 0 Å². The Morgan fingerprint density at radius 3 is 2.22 bits per heavy atom. The zero-order chi connectivity index (χ0) is 7.02. The Bertz CT molecular complexity index is 206. The number of aryl methyl sites for hydroxylation is 2. The van der Waals surface area contributed by atoms with E-state index in [9.17, 15) is 0 Å². The first kappa shape index (κ1) is 6.56. The van der Waals surface area contributed by atoms with Crippen LogP contribution in [0.2, 0.25) is 0 Å². The molecular weight excluding hydrogens is 133 g/mol. The SMILES string of the molecule is Cc1nc(C)n(P)c1N. The van der Waals surface area contributed by atoms with Gasteiger partial charge in [0.1, 0.15) is 11.6 Å². The highest BCUT2D eigenvalue weighted by atomic mass is 31.0. The maximum Gasteiger partial charge on any atom is 0.129 e. The zero-order valence-electron chi connectivity index (χ0n) is 5.55. The number of nitrogens with zero attached hydrogens (tertiary/aromatic N) is 2. The third kappa shape index (κ3) is 0.924. The molecule has 2 N–H and O–H groups in total. The fourth-order valence-corrected chi connectivity index (χ4v) is 0.947. The summed E-state index contributed by atoms with van der Waals surface area (Å²) in [5, 5.41) is 0. The van der Waals surface area contributed by atoms with Gasteiger partial charge in [0.05, 0.1) is 5.69 Å². The topological polar surface area (TPSA) is 43.8 Å². The maximum atomic E-state index is 5.58. The molecule has 1 aromatic heterocycles. The quantitative estimate of drug-likeness (QED) is 0.544. The highest BCUT2D eigenvalue weighted by Gasteiger charge is 2.01. The van der Waals surface area contributed by atoms with E-state index >= 15 is 0 Å². The number of imidazole rings is 1. The molecule has 4 heteroatoms. The molecule has 1 unspecified atom stereocenters. The summed E-state index contributed by atoms with van der Waals surface area (Å²) in [7, 11) is 2.49. The monoisotopic (exact) mass is 143 g/mol. The Kier molecular flexibility index (Phi) is 1.45. The van der Waals surface area contributed by atoms with Crippen LogP contribution in [-0.2, 0) is 0 Å². The number of nitrogens with two attached hydrogens (primary N) is 1. The van der Waals surface area contributed by atoms with Crippen LogP contribution in [-0.4, -0.2) is 9.32 Å². The summed E-state index contributed by atoms with van der Waals surface area (Å²) in [4.78, 5) is 4.13. The molecule has 0 saturated heterocycles. The molecule has 0 aliphatic carbocycles. The highest BCUT2D eigenvalue weighted by Crippen LogP contribution is 2.14. The molecule has 0 aromatic carbocycles. The minimum atomic E-state index is 0.720. The standard InChI is InChI=1S/C5H10N3P/c1-3-5(6)8(9)4(2)7-3/h6,9H2,1-2H3. The predicted molar refractivity (Wildman–Crippen MR) is 41.2 cm³/mol. The summed E-state index contributed by atoms with van der Waals surface area (Å²) in [5.41, 5.74) is 6.47. The molecule has 0 aliphatic heterocycles. The normalized spacial score (nSPS) is 10.1. The fourth-order valence-electron chi connectivity index (χ4n) is 0.702.